The molecule has 0 radical (unpaired) electrons. The van der Waals surface area contributed by atoms with E-state index in [2.05, 4.69) is 0 Å². The van der Waals surface area contributed by atoms with Gasteiger partial charge in [0.25, 0.3) is 0 Å². The average Bonchev–Trinajstić information content (AvgIpc) is 2.52. The van der Waals surface area contributed by atoms with Gasteiger partial charge in [-0.25, -0.2) is 4.79 Å². The maximum Gasteiger partial charge on any atom is 0.339 e. The molecule has 0 aliphatic heterocycles. The normalized spacial score (nSPS) is 10.9. The highest BCUT2D eigenvalue weighted by Crippen LogP contribution is 2.20. The Morgan fingerprint density at radius 2 is 1.67 bits per heavy atom. The highest BCUT2D eigenvalue weighted by Gasteiger charge is 2.10. The van der Waals surface area contributed by atoms with E-state index >= 15 is 0 Å². The van der Waals surface area contributed by atoms with Gasteiger partial charge in [-0.05, 0) is 24.1 Å². The van der Waals surface area contributed by atoms with Crippen LogP contribution in [0.3, 0.4) is 0 Å². The van der Waals surface area contributed by atoms with Crippen molar-refractivity contribution in [1.82, 2.24) is 0 Å². The SMILES string of the molecule is Cc1c(COCc2ccccc2)c2ccccc2oc1=O. The molecule has 21 heavy (non-hydrogen) atoms. The standard InChI is InChI=1S/C18H16O3/c1-13-16(12-20-11-14-7-3-2-4-8-14)15-9-5-6-10-17(15)21-18(13)19/h2-10H,11-12H2,1H3. The maximum absolute atomic E-state index is 11.9. The van der Waals surface area contributed by atoms with Crippen LogP contribution in [-0.4, -0.2) is 0 Å². The second-order valence-corrected chi connectivity index (χ2v) is 4.97. The van der Waals surface area contributed by atoms with Crippen molar-refractivity contribution < 1.29 is 9.15 Å². The third kappa shape index (κ3) is 2.88. The van der Waals surface area contributed by atoms with Crippen LogP contribution in [0.1, 0.15) is 16.7 Å². The lowest BCUT2D eigenvalue weighted by atomic mass is 10.1. The Morgan fingerprint density at radius 3 is 2.48 bits per heavy atom. The summed E-state index contributed by atoms with van der Waals surface area (Å²) in [6, 6.07) is 17.5. The van der Waals surface area contributed by atoms with Crippen LogP contribution in [0.5, 0.6) is 0 Å². The van der Waals surface area contributed by atoms with Crippen molar-refractivity contribution in [2.75, 3.05) is 0 Å². The minimum atomic E-state index is -0.299. The summed E-state index contributed by atoms with van der Waals surface area (Å²) in [6.45, 7) is 2.70. The quantitative estimate of drug-likeness (QED) is 0.682. The van der Waals surface area contributed by atoms with Crippen LogP contribution in [0, 0.1) is 6.92 Å². The number of ether oxygens (including phenoxy) is 1. The van der Waals surface area contributed by atoms with Crippen molar-refractivity contribution in [3.63, 3.8) is 0 Å². The van der Waals surface area contributed by atoms with Gasteiger partial charge in [0.05, 0.1) is 13.2 Å². The van der Waals surface area contributed by atoms with Crippen LogP contribution < -0.4 is 5.63 Å². The van der Waals surface area contributed by atoms with E-state index in [4.69, 9.17) is 9.15 Å². The first-order valence-corrected chi connectivity index (χ1v) is 6.88. The molecular formula is C18H16O3. The second-order valence-electron chi connectivity index (χ2n) is 4.97. The molecular weight excluding hydrogens is 264 g/mol. The zero-order valence-electron chi connectivity index (χ0n) is 11.8. The summed E-state index contributed by atoms with van der Waals surface area (Å²) in [6.07, 6.45) is 0. The lowest BCUT2D eigenvalue weighted by Gasteiger charge is -2.09. The lowest BCUT2D eigenvalue weighted by Crippen LogP contribution is -2.09. The van der Waals surface area contributed by atoms with Gasteiger partial charge in [-0.3, -0.25) is 0 Å². The summed E-state index contributed by atoms with van der Waals surface area (Å²) in [7, 11) is 0. The van der Waals surface area contributed by atoms with Crippen LogP contribution in [0.4, 0.5) is 0 Å². The Labute approximate surface area is 122 Å². The number of benzene rings is 2. The van der Waals surface area contributed by atoms with Crippen LogP contribution in [0.2, 0.25) is 0 Å². The van der Waals surface area contributed by atoms with E-state index in [0.29, 0.717) is 24.4 Å². The smallest absolute Gasteiger partial charge is 0.339 e. The van der Waals surface area contributed by atoms with Gasteiger partial charge >= 0.3 is 5.63 Å². The lowest BCUT2D eigenvalue weighted by molar-refractivity contribution is 0.107. The van der Waals surface area contributed by atoms with Crippen molar-refractivity contribution >= 4 is 11.0 Å². The summed E-state index contributed by atoms with van der Waals surface area (Å²) >= 11 is 0. The maximum atomic E-state index is 11.9. The Balaban J connectivity index is 1.86. The van der Waals surface area contributed by atoms with E-state index in [1.807, 2.05) is 48.5 Å². The molecule has 106 valence electrons. The number of hydrogen-bond donors (Lipinski definition) is 0. The van der Waals surface area contributed by atoms with Crippen LogP contribution >= 0.6 is 0 Å². The number of fused-ring (bicyclic) bond motifs is 1. The van der Waals surface area contributed by atoms with Gasteiger partial charge < -0.3 is 9.15 Å². The predicted molar refractivity (Wildman–Crippen MR) is 82.2 cm³/mol. The van der Waals surface area contributed by atoms with Crippen LogP contribution in [0.15, 0.2) is 63.8 Å². The molecule has 0 amide bonds. The molecule has 0 atom stereocenters. The van der Waals surface area contributed by atoms with Gasteiger partial charge in [0.2, 0.25) is 0 Å². The van der Waals surface area contributed by atoms with Crippen LogP contribution in [0.25, 0.3) is 11.0 Å². The molecule has 0 aliphatic carbocycles. The number of rotatable bonds is 4. The minimum absolute atomic E-state index is 0.299. The molecule has 3 aromatic rings. The molecule has 3 nitrogen and oxygen atoms in total. The largest absolute Gasteiger partial charge is 0.423 e. The highest BCUT2D eigenvalue weighted by molar-refractivity contribution is 5.80. The molecule has 0 aliphatic rings. The Hall–Kier alpha value is -2.39. The van der Waals surface area contributed by atoms with Crippen molar-refractivity contribution in [1.29, 1.82) is 0 Å². The van der Waals surface area contributed by atoms with Crippen molar-refractivity contribution in [2.45, 2.75) is 20.1 Å². The summed E-state index contributed by atoms with van der Waals surface area (Å²) in [5.74, 6) is 0. The highest BCUT2D eigenvalue weighted by atomic mass is 16.5. The molecule has 3 heteroatoms. The fourth-order valence-corrected chi connectivity index (χ4v) is 2.34. The first-order valence-electron chi connectivity index (χ1n) is 6.88. The number of hydrogen-bond acceptors (Lipinski definition) is 3. The molecule has 0 unspecified atom stereocenters. The molecule has 1 heterocycles. The first-order chi connectivity index (χ1) is 10.3. The van der Waals surface area contributed by atoms with E-state index in [1.54, 1.807) is 13.0 Å². The fraction of sp³-hybridized carbons (Fsp3) is 0.167. The summed E-state index contributed by atoms with van der Waals surface area (Å²) in [4.78, 5) is 11.9. The van der Waals surface area contributed by atoms with Gasteiger partial charge in [-0.2, -0.15) is 0 Å². The van der Waals surface area contributed by atoms with Gasteiger partial charge in [0.1, 0.15) is 5.58 Å². The van der Waals surface area contributed by atoms with Gasteiger partial charge in [-0.1, -0.05) is 48.5 Å². The third-order valence-corrected chi connectivity index (χ3v) is 3.53. The van der Waals surface area contributed by atoms with Crippen molar-refractivity contribution in [3.05, 3.63) is 81.7 Å². The molecule has 2 aromatic carbocycles. The van der Waals surface area contributed by atoms with Gasteiger partial charge in [0.15, 0.2) is 0 Å². The fourth-order valence-electron chi connectivity index (χ4n) is 2.34. The molecule has 0 saturated carbocycles. The number of para-hydroxylation sites is 1. The Morgan fingerprint density at radius 1 is 0.952 bits per heavy atom. The predicted octanol–water partition coefficient (Wildman–Crippen LogP) is 3.82. The molecule has 3 rings (SSSR count). The van der Waals surface area contributed by atoms with Crippen molar-refractivity contribution in [3.8, 4) is 0 Å². The zero-order valence-corrected chi connectivity index (χ0v) is 11.8. The summed E-state index contributed by atoms with van der Waals surface area (Å²) < 4.78 is 11.1. The first kappa shape index (κ1) is 13.6. The topological polar surface area (TPSA) is 39.4 Å². The monoisotopic (exact) mass is 280 g/mol. The van der Waals surface area contributed by atoms with Gasteiger partial charge in [-0.15, -0.1) is 0 Å². The van der Waals surface area contributed by atoms with E-state index in [1.165, 1.54) is 0 Å². The molecule has 0 bridgehead atoms. The average molecular weight is 280 g/mol. The molecule has 1 aromatic heterocycles. The van der Waals surface area contributed by atoms with Gasteiger partial charge in [0, 0.05) is 10.9 Å². The molecule has 0 N–H and O–H groups in total. The van der Waals surface area contributed by atoms with E-state index < -0.39 is 0 Å². The summed E-state index contributed by atoms with van der Waals surface area (Å²) in [5.41, 5.74) is 2.93. The second kappa shape index (κ2) is 5.94. The van der Waals surface area contributed by atoms with E-state index in [0.717, 1.165) is 16.5 Å². The molecule has 0 saturated heterocycles. The molecule has 0 spiro atoms. The van der Waals surface area contributed by atoms with Crippen LogP contribution in [-0.2, 0) is 18.0 Å². The molecule has 0 fully saturated rings. The summed E-state index contributed by atoms with van der Waals surface area (Å²) in [5, 5.41) is 0.933. The van der Waals surface area contributed by atoms with E-state index in [-0.39, 0.29) is 5.63 Å². The third-order valence-electron chi connectivity index (χ3n) is 3.53. The van der Waals surface area contributed by atoms with E-state index in [9.17, 15) is 4.79 Å². The van der Waals surface area contributed by atoms with Crippen molar-refractivity contribution in [2.24, 2.45) is 0 Å². The zero-order chi connectivity index (χ0) is 14.7. The minimum Gasteiger partial charge on any atom is -0.423 e. The Bertz CT molecular complexity index is 804. The Kier molecular flexibility index (Phi) is 3.84.